The minimum atomic E-state index is 0.0143. The quantitative estimate of drug-likeness (QED) is 0.904. The molecule has 3 nitrogen and oxygen atoms in total. The Balaban J connectivity index is 2.13. The number of hydrogen-bond acceptors (Lipinski definition) is 2. The third-order valence-electron chi connectivity index (χ3n) is 3.84. The molecule has 4 heteroatoms. The molecule has 1 atom stereocenters. The van der Waals surface area contributed by atoms with Gasteiger partial charge in [0, 0.05) is 17.5 Å². The second-order valence-corrected chi connectivity index (χ2v) is 6.09. The molecule has 2 rings (SSSR count). The Morgan fingerprint density at radius 1 is 1.30 bits per heavy atom. The second-order valence-electron chi connectivity index (χ2n) is 5.68. The van der Waals surface area contributed by atoms with Gasteiger partial charge in [0.15, 0.2) is 0 Å². The molecule has 0 saturated carbocycles. The molecule has 1 aliphatic rings. The largest absolute Gasteiger partial charge is 0.354 e. The molecule has 1 aliphatic heterocycles. The Bertz CT molecular complexity index is 456. The van der Waals surface area contributed by atoms with Crippen molar-refractivity contribution in [1.82, 2.24) is 10.2 Å². The summed E-state index contributed by atoms with van der Waals surface area (Å²) in [6, 6.07) is 8.11. The molecule has 0 aliphatic carbocycles. The van der Waals surface area contributed by atoms with Crippen molar-refractivity contribution in [3.63, 3.8) is 0 Å². The molecule has 0 unspecified atom stereocenters. The number of carbonyl (C=O) groups is 1. The van der Waals surface area contributed by atoms with Gasteiger partial charge in [-0.2, -0.15) is 0 Å². The molecule has 1 saturated heterocycles. The van der Waals surface area contributed by atoms with Crippen LogP contribution in [0.2, 0.25) is 5.02 Å². The maximum Gasteiger partial charge on any atom is 0.222 e. The molecular weight excluding hydrogens is 272 g/mol. The SMILES string of the molecule is CC(C)C(=O)NC[C@H](c1ccccc1Cl)N1CCCC1. The first-order valence-electron chi connectivity index (χ1n) is 7.35. The van der Waals surface area contributed by atoms with Crippen molar-refractivity contribution in [2.24, 2.45) is 5.92 Å². The average Bonchev–Trinajstić information content (AvgIpc) is 2.94. The van der Waals surface area contributed by atoms with Gasteiger partial charge in [0.05, 0.1) is 6.04 Å². The van der Waals surface area contributed by atoms with Crippen LogP contribution < -0.4 is 5.32 Å². The number of halogens is 1. The number of nitrogens with zero attached hydrogens (tertiary/aromatic N) is 1. The summed E-state index contributed by atoms with van der Waals surface area (Å²) in [5, 5.41) is 3.83. The van der Waals surface area contributed by atoms with Crippen LogP contribution in [0.15, 0.2) is 24.3 Å². The summed E-state index contributed by atoms with van der Waals surface area (Å²) in [4.78, 5) is 14.2. The van der Waals surface area contributed by atoms with E-state index in [2.05, 4.69) is 16.3 Å². The second kappa shape index (κ2) is 7.09. The van der Waals surface area contributed by atoms with Gasteiger partial charge in [-0.15, -0.1) is 0 Å². The first kappa shape index (κ1) is 15.3. The summed E-state index contributed by atoms with van der Waals surface area (Å²) in [6.07, 6.45) is 2.44. The lowest BCUT2D eigenvalue weighted by atomic mass is 10.0. The Labute approximate surface area is 126 Å². The number of carbonyl (C=O) groups excluding carboxylic acids is 1. The van der Waals surface area contributed by atoms with E-state index >= 15 is 0 Å². The smallest absolute Gasteiger partial charge is 0.222 e. The van der Waals surface area contributed by atoms with E-state index < -0.39 is 0 Å². The predicted molar refractivity (Wildman–Crippen MR) is 82.8 cm³/mol. The van der Waals surface area contributed by atoms with Crippen LogP contribution in [-0.2, 0) is 4.79 Å². The topological polar surface area (TPSA) is 32.3 Å². The lowest BCUT2D eigenvalue weighted by Gasteiger charge is -2.29. The maximum absolute atomic E-state index is 11.8. The standard InChI is InChI=1S/C16H23ClN2O/c1-12(2)16(20)18-11-15(19-9-5-6-10-19)13-7-3-4-8-14(13)17/h3-4,7-8,12,15H,5-6,9-11H2,1-2H3,(H,18,20)/t15-/m1/s1. The van der Waals surface area contributed by atoms with Crippen LogP contribution in [0.4, 0.5) is 0 Å². The van der Waals surface area contributed by atoms with Crippen LogP contribution in [0.25, 0.3) is 0 Å². The van der Waals surface area contributed by atoms with E-state index in [0.29, 0.717) is 6.54 Å². The molecule has 1 amide bonds. The zero-order chi connectivity index (χ0) is 14.5. The van der Waals surface area contributed by atoms with Crippen molar-refractivity contribution in [2.45, 2.75) is 32.7 Å². The van der Waals surface area contributed by atoms with Gasteiger partial charge in [-0.05, 0) is 37.6 Å². The van der Waals surface area contributed by atoms with Crippen molar-refractivity contribution in [3.05, 3.63) is 34.9 Å². The van der Waals surface area contributed by atoms with Crippen molar-refractivity contribution < 1.29 is 4.79 Å². The number of hydrogen-bond donors (Lipinski definition) is 1. The summed E-state index contributed by atoms with van der Waals surface area (Å²) in [6.45, 7) is 6.60. The highest BCUT2D eigenvalue weighted by Crippen LogP contribution is 2.29. The molecule has 0 radical (unpaired) electrons. The molecule has 1 aromatic rings. The van der Waals surface area contributed by atoms with Crippen molar-refractivity contribution in [3.8, 4) is 0 Å². The highest BCUT2D eigenvalue weighted by Gasteiger charge is 2.25. The summed E-state index contributed by atoms with van der Waals surface area (Å²) in [5.41, 5.74) is 1.11. The van der Waals surface area contributed by atoms with Gasteiger partial charge in [-0.1, -0.05) is 43.6 Å². The van der Waals surface area contributed by atoms with Crippen LogP contribution in [-0.4, -0.2) is 30.4 Å². The fraction of sp³-hybridized carbons (Fsp3) is 0.562. The van der Waals surface area contributed by atoms with Gasteiger partial charge in [-0.25, -0.2) is 0 Å². The Kier molecular flexibility index (Phi) is 5.44. The number of benzene rings is 1. The predicted octanol–water partition coefficient (Wildman–Crippen LogP) is 3.25. The van der Waals surface area contributed by atoms with Crippen LogP contribution in [0, 0.1) is 5.92 Å². The fourth-order valence-corrected chi connectivity index (χ4v) is 2.90. The first-order chi connectivity index (χ1) is 9.59. The highest BCUT2D eigenvalue weighted by atomic mass is 35.5. The number of nitrogens with one attached hydrogen (secondary N) is 1. The molecule has 1 aromatic carbocycles. The van der Waals surface area contributed by atoms with E-state index in [1.807, 2.05) is 32.0 Å². The Hall–Kier alpha value is -1.06. The first-order valence-corrected chi connectivity index (χ1v) is 7.73. The van der Waals surface area contributed by atoms with Crippen LogP contribution in [0.3, 0.4) is 0 Å². The average molecular weight is 295 g/mol. The molecule has 110 valence electrons. The van der Waals surface area contributed by atoms with Crippen LogP contribution >= 0.6 is 11.6 Å². The lowest BCUT2D eigenvalue weighted by Crippen LogP contribution is -2.38. The molecule has 0 spiro atoms. The molecule has 1 heterocycles. The molecule has 1 N–H and O–H groups in total. The van der Waals surface area contributed by atoms with Gasteiger partial charge in [0.25, 0.3) is 0 Å². The van der Waals surface area contributed by atoms with Crippen molar-refractivity contribution >= 4 is 17.5 Å². The number of amides is 1. The fourth-order valence-electron chi connectivity index (χ4n) is 2.64. The van der Waals surface area contributed by atoms with E-state index in [-0.39, 0.29) is 17.9 Å². The molecule has 20 heavy (non-hydrogen) atoms. The summed E-state index contributed by atoms with van der Waals surface area (Å²) < 4.78 is 0. The number of rotatable bonds is 5. The minimum Gasteiger partial charge on any atom is -0.354 e. The third-order valence-corrected chi connectivity index (χ3v) is 4.18. The van der Waals surface area contributed by atoms with Crippen molar-refractivity contribution in [2.75, 3.05) is 19.6 Å². The normalized spacial score (nSPS) is 17.4. The monoisotopic (exact) mass is 294 g/mol. The molecule has 0 bridgehead atoms. The molecular formula is C16H23ClN2O. The zero-order valence-corrected chi connectivity index (χ0v) is 13.0. The Morgan fingerprint density at radius 3 is 2.55 bits per heavy atom. The maximum atomic E-state index is 11.8. The number of likely N-dealkylation sites (tertiary alicyclic amines) is 1. The highest BCUT2D eigenvalue weighted by molar-refractivity contribution is 6.31. The van der Waals surface area contributed by atoms with E-state index in [1.54, 1.807) is 0 Å². The van der Waals surface area contributed by atoms with E-state index in [9.17, 15) is 4.79 Å². The van der Waals surface area contributed by atoms with Gasteiger partial charge in [0.1, 0.15) is 0 Å². The zero-order valence-electron chi connectivity index (χ0n) is 12.2. The van der Waals surface area contributed by atoms with Gasteiger partial charge in [-0.3, -0.25) is 9.69 Å². The summed E-state index contributed by atoms with van der Waals surface area (Å²) in [7, 11) is 0. The minimum absolute atomic E-state index is 0.0143. The van der Waals surface area contributed by atoms with E-state index in [4.69, 9.17) is 11.6 Å². The van der Waals surface area contributed by atoms with Gasteiger partial charge in [0.2, 0.25) is 5.91 Å². The Morgan fingerprint density at radius 2 is 1.95 bits per heavy atom. The van der Waals surface area contributed by atoms with Gasteiger partial charge >= 0.3 is 0 Å². The van der Waals surface area contributed by atoms with Gasteiger partial charge < -0.3 is 5.32 Å². The molecule has 1 fully saturated rings. The van der Waals surface area contributed by atoms with Crippen LogP contribution in [0.1, 0.15) is 38.3 Å². The lowest BCUT2D eigenvalue weighted by molar-refractivity contribution is -0.124. The summed E-state index contributed by atoms with van der Waals surface area (Å²) in [5.74, 6) is 0.113. The molecule has 0 aromatic heterocycles. The summed E-state index contributed by atoms with van der Waals surface area (Å²) >= 11 is 6.34. The third kappa shape index (κ3) is 3.74. The van der Waals surface area contributed by atoms with E-state index in [0.717, 1.165) is 23.7 Å². The van der Waals surface area contributed by atoms with Crippen molar-refractivity contribution in [1.29, 1.82) is 0 Å². The van der Waals surface area contributed by atoms with E-state index in [1.165, 1.54) is 12.8 Å². The van der Waals surface area contributed by atoms with Crippen LogP contribution in [0.5, 0.6) is 0 Å².